The predicted molar refractivity (Wildman–Crippen MR) is 79.5 cm³/mol. The fraction of sp³-hybridized carbons (Fsp3) is 0.333. The molecule has 0 fully saturated rings. The molecular formula is C15H21NO2S. The van der Waals surface area contributed by atoms with Gasteiger partial charge in [-0.25, -0.2) is 8.42 Å². The van der Waals surface area contributed by atoms with Crippen LogP contribution in [-0.2, 0) is 10.0 Å². The maximum Gasteiger partial charge on any atom is 0.243 e. The van der Waals surface area contributed by atoms with E-state index in [2.05, 4.69) is 6.58 Å². The predicted octanol–water partition coefficient (Wildman–Crippen LogP) is 3.14. The lowest BCUT2D eigenvalue weighted by Gasteiger charge is -2.25. The summed E-state index contributed by atoms with van der Waals surface area (Å²) in [5.41, 5.74) is 1.04. The molecule has 0 amide bonds. The van der Waals surface area contributed by atoms with Gasteiger partial charge in [-0.15, -0.1) is 6.58 Å². The summed E-state index contributed by atoms with van der Waals surface area (Å²) in [6, 6.07) is 6.69. The summed E-state index contributed by atoms with van der Waals surface area (Å²) in [5.74, 6) is 0. The summed E-state index contributed by atoms with van der Waals surface area (Å²) in [7, 11) is -3.49. The smallest absolute Gasteiger partial charge is 0.207 e. The number of allylic oxidation sites excluding steroid dienone is 1. The van der Waals surface area contributed by atoms with E-state index in [0.29, 0.717) is 11.4 Å². The Morgan fingerprint density at radius 1 is 1.32 bits per heavy atom. The lowest BCUT2D eigenvalue weighted by Crippen LogP contribution is -2.37. The zero-order valence-electron chi connectivity index (χ0n) is 11.7. The Morgan fingerprint density at radius 3 is 2.37 bits per heavy atom. The van der Waals surface area contributed by atoms with Crippen LogP contribution in [0, 0.1) is 6.92 Å². The van der Waals surface area contributed by atoms with Gasteiger partial charge in [0.2, 0.25) is 10.0 Å². The van der Waals surface area contributed by atoms with Crippen molar-refractivity contribution >= 4 is 10.0 Å². The van der Waals surface area contributed by atoms with E-state index < -0.39 is 10.0 Å². The van der Waals surface area contributed by atoms with Crippen molar-refractivity contribution in [2.75, 3.05) is 6.54 Å². The van der Waals surface area contributed by atoms with Gasteiger partial charge in [-0.1, -0.05) is 35.9 Å². The average Bonchev–Trinajstić information content (AvgIpc) is 2.36. The maximum atomic E-state index is 12.6. The molecule has 0 bridgehead atoms. The van der Waals surface area contributed by atoms with Crippen LogP contribution >= 0.6 is 0 Å². The number of nitrogens with zero attached hydrogens (tertiary/aromatic N) is 1. The van der Waals surface area contributed by atoms with Crippen molar-refractivity contribution in [3.8, 4) is 0 Å². The molecule has 0 aromatic heterocycles. The first-order chi connectivity index (χ1) is 8.93. The largest absolute Gasteiger partial charge is 0.243 e. The highest BCUT2D eigenvalue weighted by Gasteiger charge is 2.26. The average molecular weight is 279 g/mol. The summed E-state index contributed by atoms with van der Waals surface area (Å²) >= 11 is 0. The topological polar surface area (TPSA) is 37.4 Å². The molecule has 1 rings (SSSR count). The molecule has 0 aliphatic carbocycles. The Hall–Kier alpha value is -1.39. The first-order valence-electron chi connectivity index (χ1n) is 6.25. The van der Waals surface area contributed by atoms with Crippen molar-refractivity contribution in [3.05, 3.63) is 54.6 Å². The summed E-state index contributed by atoms with van der Waals surface area (Å²) in [6.45, 7) is 9.59. The van der Waals surface area contributed by atoms with Gasteiger partial charge in [-0.3, -0.25) is 0 Å². The number of rotatable bonds is 6. The SMILES string of the molecule is C=CCN(C(C)/C=C/C)S(=O)(=O)c1ccc(C)cc1. The van der Waals surface area contributed by atoms with Crippen molar-refractivity contribution in [1.82, 2.24) is 4.31 Å². The molecular weight excluding hydrogens is 258 g/mol. The zero-order valence-corrected chi connectivity index (χ0v) is 12.5. The van der Waals surface area contributed by atoms with Crippen molar-refractivity contribution in [1.29, 1.82) is 0 Å². The van der Waals surface area contributed by atoms with Crippen molar-refractivity contribution in [3.63, 3.8) is 0 Å². The Morgan fingerprint density at radius 2 is 1.89 bits per heavy atom. The van der Waals surface area contributed by atoms with E-state index in [1.807, 2.05) is 32.9 Å². The van der Waals surface area contributed by atoms with E-state index in [4.69, 9.17) is 0 Å². The summed E-state index contributed by atoms with van der Waals surface area (Å²) in [6.07, 6.45) is 5.31. The lowest BCUT2D eigenvalue weighted by molar-refractivity contribution is 0.408. The number of hydrogen-bond acceptors (Lipinski definition) is 2. The first kappa shape index (κ1) is 15.7. The van der Waals surface area contributed by atoms with Crippen LogP contribution in [0.3, 0.4) is 0 Å². The first-order valence-corrected chi connectivity index (χ1v) is 7.69. The molecule has 4 heteroatoms. The molecule has 1 aromatic rings. The Bertz CT molecular complexity index is 544. The van der Waals surface area contributed by atoms with Crippen LogP contribution in [-0.4, -0.2) is 25.3 Å². The summed E-state index contributed by atoms with van der Waals surface area (Å²) in [4.78, 5) is 0.316. The van der Waals surface area contributed by atoms with Crippen LogP contribution in [0.5, 0.6) is 0 Å². The van der Waals surface area contributed by atoms with Gasteiger partial charge >= 0.3 is 0 Å². The van der Waals surface area contributed by atoms with E-state index in [1.165, 1.54) is 4.31 Å². The third-order valence-corrected chi connectivity index (χ3v) is 4.83. The Balaban J connectivity index is 3.19. The van der Waals surface area contributed by atoms with Gasteiger partial charge in [-0.2, -0.15) is 4.31 Å². The quantitative estimate of drug-likeness (QED) is 0.750. The second-order valence-corrected chi connectivity index (χ2v) is 6.33. The molecule has 0 aliphatic heterocycles. The second kappa shape index (κ2) is 6.68. The molecule has 1 unspecified atom stereocenters. The van der Waals surface area contributed by atoms with Crippen LogP contribution in [0.4, 0.5) is 0 Å². The minimum absolute atomic E-state index is 0.200. The third kappa shape index (κ3) is 3.78. The van der Waals surface area contributed by atoms with Gasteiger partial charge in [0, 0.05) is 12.6 Å². The molecule has 1 atom stereocenters. The van der Waals surface area contributed by atoms with Crippen molar-refractivity contribution in [2.24, 2.45) is 0 Å². The van der Waals surface area contributed by atoms with Gasteiger partial charge < -0.3 is 0 Å². The Kier molecular flexibility index (Phi) is 5.51. The zero-order chi connectivity index (χ0) is 14.5. The lowest BCUT2D eigenvalue weighted by atomic mass is 10.2. The van der Waals surface area contributed by atoms with Crippen molar-refractivity contribution < 1.29 is 8.42 Å². The Labute approximate surface area is 116 Å². The van der Waals surface area contributed by atoms with Gasteiger partial charge in [0.05, 0.1) is 4.90 Å². The van der Waals surface area contributed by atoms with Crippen molar-refractivity contribution in [2.45, 2.75) is 31.7 Å². The highest BCUT2D eigenvalue weighted by atomic mass is 32.2. The third-order valence-electron chi connectivity index (χ3n) is 2.86. The molecule has 0 heterocycles. The van der Waals surface area contributed by atoms with E-state index in [1.54, 1.807) is 30.3 Å². The molecule has 0 N–H and O–H groups in total. The van der Waals surface area contributed by atoms with E-state index >= 15 is 0 Å². The number of aryl methyl sites for hydroxylation is 1. The minimum atomic E-state index is -3.49. The van der Waals surface area contributed by atoms with Crippen LogP contribution < -0.4 is 0 Å². The highest BCUT2D eigenvalue weighted by Crippen LogP contribution is 2.19. The second-order valence-electron chi connectivity index (χ2n) is 4.44. The fourth-order valence-corrected chi connectivity index (χ4v) is 3.39. The van der Waals surface area contributed by atoms with Crippen LogP contribution in [0.15, 0.2) is 54.0 Å². The van der Waals surface area contributed by atoms with Crippen LogP contribution in [0.2, 0.25) is 0 Å². The molecule has 0 saturated carbocycles. The van der Waals surface area contributed by atoms with E-state index in [0.717, 1.165) is 5.56 Å². The van der Waals surface area contributed by atoms with E-state index in [9.17, 15) is 8.42 Å². The minimum Gasteiger partial charge on any atom is -0.207 e. The number of sulfonamides is 1. The molecule has 0 radical (unpaired) electrons. The summed E-state index contributed by atoms with van der Waals surface area (Å²) in [5, 5.41) is 0. The molecule has 1 aromatic carbocycles. The molecule has 0 saturated heterocycles. The van der Waals surface area contributed by atoms with Crippen LogP contribution in [0.1, 0.15) is 19.4 Å². The van der Waals surface area contributed by atoms with Gasteiger partial charge in [0.15, 0.2) is 0 Å². The number of hydrogen-bond donors (Lipinski definition) is 0. The van der Waals surface area contributed by atoms with Gasteiger partial charge in [0.25, 0.3) is 0 Å². The van der Waals surface area contributed by atoms with E-state index in [-0.39, 0.29) is 6.04 Å². The summed E-state index contributed by atoms with van der Waals surface area (Å²) < 4.78 is 26.6. The standard InChI is InChI=1S/C15H21NO2S/c1-5-7-14(4)16(12-6-2)19(17,18)15-10-8-13(3)9-11-15/h5-11,14H,2,12H2,1,3-4H3/b7-5+. The molecule has 0 spiro atoms. The molecule has 104 valence electrons. The number of benzene rings is 1. The van der Waals surface area contributed by atoms with Gasteiger partial charge in [-0.05, 0) is 32.9 Å². The molecule has 3 nitrogen and oxygen atoms in total. The maximum absolute atomic E-state index is 12.6. The van der Waals surface area contributed by atoms with Crippen LogP contribution in [0.25, 0.3) is 0 Å². The fourth-order valence-electron chi connectivity index (χ4n) is 1.83. The highest BCUT2D eigenvalue weighted by molar-refractivity contribution is 7.89. The van der Waals surface area contributed by atoms with Gasteiger partial charge in [0.1, 0.15) is 0 Å². The monoisotopic (exact) mass is 279 g/mol. The molecule has 19 heavy (non-hydrogen) atoms. The normalized spacial score (nSPS) is 13.9. The molecule has 0 aliphatic rings.